The lowest BCUT2D eigenvalue weighted by Crippen LogP contribution is -2.13. The monoisotopic (exact) mass is 461 g/mol. The van der Waals surface area contributed by atoms with Gasteiger partial charge in [0.05, 0.1) is 13.7 Å². The fourth-order valence-electron chi connectivity index (χ4n) is 4.00. The number of carbonyl (C=O) groups excluding carboxylic acids is 2. The largest absolute Gasteiger partial charge is 0.496 e. The Kier molecular flexibility index (Phi) is 11.1. The van der Waals surface area contributed by atoms with Gasteiger partial charge in [0.15, 0.2) is 11.6 Å². The Morgan fingerprint density at radius 3 is 2.77 bits per heavy atom. The second kappa shape index (κ2) is 13.5. The van der Waals surface area contributed by atoms with Crippen LogP contribution in [0.25, 0.3) is 5.57 Å². The topological polar surface area (TPSA) is 55.7 Å². The van der Waals surface area contributed by atoms with Crippen molar-refractivity contribution < 1.29 is 14.3 Å². The predicted octanol–water partition coefficient (Wildman–Crippen LogP) is 6.47. The first kappa shape index (κ1) is 25.4. The van der Waals surface area contributed by atoms with Crippen LogP contribution in [0.3, 0.4) is 0 Å². The van der Waals surface area contributed by atoms with E-state index in [1.807, 2.05) is 12.1 Å². The number of hydrogen-bond acceptors (Lipinski definition) is 5. The van der Waals surface area contributed by atoms with Gasteiger partial charge in [-0.2, -0.15) is 0 Å². The molecule has 1 aromatic rings. The highest BCUT2D eigenvalue weighted by Crippen LogP contribution is 2.36. The Morgan fingerprint density at radius 2 is 2.03 bits per heavy atom. The van der Waals surface area contributed by atoms with Crippen molar-refractivity contribution in [1.29, 1.82) is 0 Å². The molecule has 4 nitrogen and oxygen atoms in total. The van der Waals surface area contributed by atoms with E-state index in [9.17, 15) is 9.59 Å². The average molecular weight is 462 g/mol. The van der Waals surface area contributed by atoms with E-state index in [0.29, 0.717) is 30.0 Å². The van der Waals surface area contributed by atoms with Gasteiger partial charge in [0.2, 0.25) is 0 Å². The van der Waals surface area contributed by atoms with E-state index < -0.39 is 0 Å². The molecule has 1 aromatic carbocycles. The lowest BCUT2D eigenvalue weighted by Gasteiger charge is -2.21. The number of unbranched alkanes of at least 4 members (excludes halogenated alkanes) is 3. The molecule has 0 bridgehead atoms. The van der Waals surface area contributed by atoms with Gasteiger partial charge in [-0.15, -0.1) is 0 Å². The van der Waals surface area contributed by atoms with E-state index in [2.05, 4.69) is 11.7 Å². The predicted molar refractivity (Wildman–Crippen MR) is 133 cm³/mol. The molecule has 0 saturated heterocycles. The number of Topliss-reactive ketones (excluding diaryl/α,β-unsaturated/α-hetero) is 1. The number of thiocarbonyl (C=S) groups is 1. The van der Waals surface area contributed by atoms with Crippen molar-refractivity contribution >= 4 is 52.5 Å². The SMILES string of the molecule is C=NCC(=O)CCCCCCC1C/C(c2cc(Cl)ccc2OC)=C\C(=O)CCCC1=S. The zero-order chi connectivity index (χ0) is 22.6. The van der Waals surface area contributed by atoms with Crippen molar-refractivity contribution in [3.05, 3.63) is 34.9 Å². The van der Waals surface area contributed by atoms with Crippen molar-refractivity contribution in [2.24, 2.45) is 10.9 Å². The molecule has 0 saturated carbocycles. The van der Waals surface area contributed by atoms with Crippen molar-refractivity contribution in [2.45, 2.75) is 64.2 Å². The van der Waals surface area contributed by atoms with E-state index in [1.165, 1.54) is 0 Å². The van der Waals surface area contributed by atoms with Crippen LogP contribution < -0.4 is 4.74 Å². The first-order chi connectivity index (χ1) is 14.9. The molecule has 2 rings (SSSR count). The molecular formula is C25H32ClNO3S. The first-order valence-corrected chi connectivity index (χ1v) is 11.8. The molecule has 31 heavy (non-hydrogen) atoms. The number of hydrogen-bond donors (Lipinski definition) is 0. The van der Waals surface area contributed by atoms with Gasteiger partial charge < -0.3 is 4.74 Å². The van der Waals surface area contributed by atoms with Crippen molar-refractivity contribution in [3.8, 4) is 5.75 Å². The van der Waals surface area contributed by atoms with Crippen LogP contribution in [0.2, 0.25) is 5.02 Å². The van der Waals surface area contributed by atoms with E-state index in [4.69, 9.17) is 28.6 Å². The smallest absolute Gasteiger partial charge is 0.155 e. The highest BCUT2D eigenvalue weighted by atomic mass is 35.5. The van der Waals surface area contributed by atoms with Gasteiger partial charge in [0.1, 0.15) is 5.75 Å². The molecule has 1 aliphatic rings. The van der Waals surface area contributed by atoms with Gasteiger partial charge in [-0.05, 0) is 79.5 Å². The van der Waals surface area contributed by atoms with E-state index in [0.717, 1.165) is 60.9 Å². The van der Waals surface area contributed by atoms with Crippen LogP contribution in [-0.2, 0) is 9.59 Å². The number of nitrogens with zero attached hydrogens (tertiary/aromatic N) is 1. The fraction of sp³-hybridized carbons (Fsp3) is 0.520. The number of benzene rings is 1. The Labute approximate surface area is 196 Å². The molecule has 0 spiro atoms. The van der Waals surface area contributed by atoms with E-state index >= 15 is 0 Å². The molecule has 6 heteroatoms. The highest BCUT2D eigenvalue weighted by Gasteiger charge is 2.22. The van der Waals surface area contributed by atoms with E-state index in [1.54, 1.807) is 19.3 Å². The summed E-state index contributed by atoms with van der Waals surface area (Å²) in [4.78, 5) is 28.7. The molecule has 0 amide bonds. The number of ketones is 2. The van der Waals surface area contributed by atoms with Crippen LogP contribution in [0.4, 0.5) is 0 Å². The number of aliphatic imine (C=N–C) groups is 1. The summed E-state index contributed by atoms with van der Waals surface area (Å²) in [6.07, 6.45) is 10.2. The molecule has 1 atom stereocenters. The Morgan fingerprint density at radius 1 is 1.26 bits per heavy atom. The van der Waals surface area contributed by atoms with Crippen molar-refractivity contribution in [2.75, 3.05) is 13.7 Å². The average Bonchev–Trinajstić information content (AvgIpc) is 2.80. The summed E-state index contributed by atoms with van der Waals surface area (Å²) in [7, 11) is 1.63. The second-order valence-electron chi connectivity index (χ2n) is 8.07. The Balaban J connectivity index is 2.05. The van der Waals surface area contributed by atoms with Crippen LogP contribution >= 0.6 is 23.8 Å². The molecule has 0 aliphatic heterocycles. The fourth-order valence-corrected chi connectivity index (χ4v) is 4.52. The molecular weight excluding hydrogens is 430 g/mol. The zero-order valence-electron chi connectivity index (χ0n) is 18.3. The van der Waals surface area contributed by atoms with Gasteiger partial charge in [-0.1, -0.05) is 43.1 Å². The molecule has 1 aliphatic carbocycles. The molecule has 168 valence electrons. The van der Waals surface area contributed by atoms with Crippen molar-refractivity contribution in [1.82, 2.24) is 0 Å². The lowest BCUT2D eigenvalue weighted by molar-refractivity contribution is -0.118. The standard InChI is InChI=1S/C25H32ClNO3S/c1-27-17-22(29)9-6-4-3-5-8-18-14-19(15-21(28)10-7-11-25(18)31)23-16-20(26)12-13-24(23)30-2/h12-13,15-16,18H,1,3-11,14,17H2,2H3/b19-15+. The summed E-state index contributed by atoms with van der Waals surface area (Å²) >= 11 is 12.0. The number of halogens is 1. The summed E-state index contributed by atoms with van der Waals surface area (Å²) in [5.74, 6) is 1.23. The summed E-state index contributed by atoms with van der Waals surface area (Å²) in [6.45, 7) is 3.58. The van der Waals surface area contributed by atoms with Gasteiger partial charge in [-0.3, -0.25) is 14.6 Å². The maximum Gasteiger partial charge on any atom is 0.155 e. The van der Waals surface area contributed by atoms with Crippen molar-refractivity contribution in [3.63, 3.8) is 0 Å². The molecule has 0 aromatic heterocycles. The van der Waals surface area contributed by atoms with Gasteiger partial charge in [0, 0.05) is 23.4 Å². The lowest BCUT2D eigenvalue weighted by atomic mass is 9.86. The minimum atomic E-state index is 0.124. The number of rotatable bonds is 11. The third-order valence-electron chi connectivity index (χ3n) is 5.66. The van der Waals surface area contributed by atoms with E-state index in [-0.39, 0.29) is 24.0 Å². The minimum Gasteiger partial charge on any atom is -0.496 e. The second-order valence-corrected chi connectivity index (χ2v) is 9.04. The maximum atomic E-state index is 12.5. The highest BCUT2D eigenvalue weighted by molar-refractivity contribution is 7.80. The third kappa shape index (κ3) is 8.66. The van der Waals surface area contributed by atoms with Gasteiger partial charge >= 0.3 is 0 Å². The summed E-state index contributed by atoms with van der Waals surface area (Å²) in [5, 5.41) is 0.615. The molecule has 0 radical (unpaired) electrons. The summed E-state index contributed by atoms with van der Waals surface area (Å²) in [5.41, 5.74) is 1.81. The summed E-state index contributed by atoms with van der Waals surface area (Å²) in [6, 6.07) is 5.50. The molecule has 0 fully saturated rings. The molecule has 0 heterocycles. The normalized spacial score (nSPS) is 19.0. The Hall–Kier alpha value is -1.85. The number of methoxy groups -OCH3 is 1. The maximum absolute atomic E-state index is 12.5. The Bertz CT molecular complexity index is 834. The van der Waals surface area contributed by atoms with Crippen LogP contribution in [0.5, 0.6) is 5.75 Å². The summed E-state index contributed by atoms with van der Waals surface area (Å²) < 4.78 is 5.53. The molecule has 0 N–H and O–H groups in total. The first-order valence-electron chi connectivity index (χ1n) is 11.0. The third-order valence-corrected chi connectivity index (χ3v) is 6.43. The quantitative estimate of drug-likeness (QED) is 0.215. The number of carbonyl (C=O) groups is 2. The number of ether oxygens (including phenoxy) is 1. The van der Waals surface area contributed by atoms with Crippen LogP contribution in [0, 0.1) is 5.92 Å². The molecule has 1 unspecified atom stereocenters. The zero-order valence-corrected chi connectivity index (χ0v) is 19.9. The minimum absolute atomic E-state index is 0.124. The number of allylic oxidation sites excluding steroid dienone is 2. The van der Waals surface area contributed by atoms with Crippen LogP contribution in [0.15, 0.2) is 29.3 Å². The van der Waals surface area contributed by atoms with Gasteiger partial charge in [0.25, 0.3) is 0 Å². The van der Waals surface area contributed by atoms with Gasteiger partial charge in [-0.25, -0.2) is 0 Å². The van der Waals surface area contributed by atoms with Crippen LogP contribution in [-0.4, -0.2) is 36.8 Å². The van der Waals surface area contributed by atoms with Crippen LogP contribution in [0.1, 0.15) is 69.8 Å².